The molecule has 1 N–H and O–H groups in total. The largest absolute Gasteiger partial charge is 0.497 e. The lowest BCUT2D eigenvalue weighted by molar-refractivity contribution is -0.140. The van der Waals surface area contributed by atoms with E-state index in [9.17, 15) is 18.0 Å². The quantitative estimate of drug-likeness (QED) is 0.435. The molecule has 0 radical (unpaired) electrons. The van der Waals surface area contributed by atoms with Crippen LogP contribution in [-0.2, 0) is 26.2 Å². The Balaban J connectivity index is 2.41. The van der Waals surface area contributed by atoms with Crippen molar-refractivity contribution in [1.29, 1.82) is 0 Å². The number of hydrogen-bond acceptors (Lipinski definition) is 5. The summed E-state index contributed by atoms with van der Waals surface area (Å²) in [6.07, 6.45) is 2.23. The van der Waals surface area contributed by atoms with E-state index in [4.69, 9.17) is 4.74 Å². The number of amides is 2. The summed E-state index contributed by atoms with van der Waals surface area (Å²) in [4.78, 5) is 28.1. The van der Waals surface area contributed by atoms with Crippen LogP contribution in [0.2, 0.25) is 0 Å². The Bertz CT molecular complexity index is 1100. The van der Waals surface area contributed by atoms with E-state index >= 15 is 0 Å². The lowest BCUT2D eigenvalue weighted by Gasteiger charge is -2.33. The standard InChI is InChI=1S/C27H39N3O5S/c1-7-17-28-27(32)25(8-2)29(18-21-9-15-24(35-5)16-10-21)26(31)19-30(36(6,33)34)23-13-11-22(12-14-23)20(3)4/h9-16,20,25H,7-8,17-19H2,1-6H3,(H,28,32)/t25-/m1/s1. The van der Waals surface area contributed by atoms with Crippen molar-refractivity contribution in [1.82, 2.24) is 10.2 Å². The number of methoxy groups -OCH3 is 1. The molecule has 0 bridgehead atoms. The van der Waals surface area contributed by atoms with Gasteiger partial charge in [0.2, 0.25) is 21.8 Å². The smallest absolute Gasteiger partial charge is 0.244 e. The minimum atomic E-state index is -3.76. The van der Waals surface area contributed by atoms with Crippen molar-refractivity contribution in [3.8, 4) is 5.75 Å². The Morgan fingerprint density at radius 3 is 2.08 bits per heavy atom. The average Bonchev–Trinajstić information content (AvgIpc) is 2.85. The van der Waals surface area contributed by atoms with Crippen LogP contribution in [0.25, 0.3) is 0 Å². The summed E-state index contributed by atoms with van der Waals surface area (Å²) in [5, 5.41) is 2.87. The van der Waals surface area contributed by atoms with Crippen molar-refractivity contribution in [3.05, 3.63) is 59.7 Å². The molecule has 2 aromatic rings. The van der Waals surface area contributed by atoms with E-state index in [1.807, 2.05) is 38.1 Å². The van der Waals surface area contributed by atoms with E-state index in [0.29, 0.717) is 30.3 Å². The Morgan fingerprint density at radius 2 is 1.61 bits per heavy atom. The molecule has 0 heterocycles. The number of anilines is 1. The summed E-state index contributed by atoms with van der Waals surface area (Å²) in [7, 11) is -2.19. The summed E-state index contributed by atoms with van der Waals surface area (Å²) >= 11 is 0. The van der Waals surface area contributed by atoms with Crippen LogP contribution in [0.3, 0.4) is 0 Å². The van der Waals surface area contributed by atoms with Gasteiger partial charge in [0.1, 0.15) is 18.3 Å². The van der Waals surface area contributed by atoms with E-state index in [-0.39, 0.29) is 12.5 Å². The van der Waals surface area contributed by atoms with Crippen LogP contribution in [-0.4, -0.2) is 57.6 Å². The number of sulfonamides is 1. The molecule has 1 atom stereocenters. The van der Waals surface area contributed by atoms with Gasteiger partial charge in [0, 0.05) is 13.1 Å². The molecule has 0 aliphatic heterocycles. The van der Waals surface area contributed by atoms with E-state index in [1.165, 1.54) is 4.90 Å². The third-order valence-electron chi connectivity index (χ3n) is 5.97. The molecule has 0 saturated carbocycles. The molecule has 0 aliphatic rings. The van der Waals surface area contributed by atoms with Gasteiger partial charge in [0.25, 0.3) is 0 Å². The molecule has 198 valence electrons. The molecular formula is C27H39N3O5S. The number of benzene rings is 2. The summed E-state index contributed by atoms with van der Waals surface area (Å²) in [6.45, 7) is 8.15. The second-order valence-corrected chi connectivity index (χ2v) is 11.0. The van der Waals surface area contributed by atoms with E-state index < -0.39 is 28.5 Å². The third-order valence-corrected chi connectivity index (χ3v) is 7.11. The minimum Gasteiger partial charge on any atom is -0.497 e. The molecule has 2 aromatic carbocycles. The molecule has 0 aromatic heterocycles. The van der Waals surface area contributed by atoms with Gasteiger partial charge in [-0.1, -0.05) is 52.0 Å². The minimum absolute atomic E-state index is 0.158. The van der Waals surface area contributed by atoms with Gasteiger partial charge < -0.3 is 15.0 Å². The molecular weight excluding hydrogens is 478 g/mol. The Labute approximate surface area is 215 Å². The second kappa shape index (κ2) is 13.3. The molecule has 2 rings (SSSR count). The zero-order chi connectivity index (χ0) is 26.9. The van der Waals surface area contributed by atoms with Gasteiger partial charge in [-0.2, -0.15) is 0 Å². The monoisotopic (exact) mass is 517 g/mol. The predicted molar refractivity (Wildman–Crippen MR) is 144 cm³/mol. The molecule has 36 heavy (non-hydrogen) atoms. The highest BCUT2D eigenvalue weighted by atomic mass is 32.2. The van der Waals surface area contributed by atoms with Crippen molar-refractivity contribution in [2.24, 2.45) is 0 Å². The number of hydrogen-bond donors (Lipinski definition) is 1. The number of rotatable bonds is 13. The van der Waals surface area contributed by atoms with Crippen LogP contribution >= 0.6 is 0 Å². The SMILES string of the molecule is CCCNC(=O)[C@@H](CC)N(Cc1ccc(OC)cc1)C(=O)CN(c1ccc(C(C)C)cc1)S(C)(=O)=O. The van der Waals surface area contributed by atoms with Crippen LogP contribution in [0.4, 0.5) is 5.69 Å². The van der Waals surface area contributed by atoms with Crippen LogP contribution in [0.15, 0.2) is 48.5 Å². The first kappa shape index (κ1) is 29.2. The Hall–Kier alpha value is -3.07. The second-order valence-electron chi connectivity index (χ2n) is 9.10. The molecule has 0 spiro atoms. The number of ether oxygens (including phenoxy) is 1. The maximum atomic E-state index is 13.7. The zero-order valence-electron chi connectivity index (χ0n) is 22.2. The van der Waals surface area contributed by atoms with E-state index in [2.05, 4.69) is 19.2 Å². The number of nitrogens with zero attached hydrogens (tertiary/aromatic N) is 2. The highest BCUT2D eigenvalue weighted by Gasteiger charge is 2.31. The van der Waals surface area contributed by atoms with Crippen LogP contribution in [0.1, 0.15) is 57.6 Å². The summed E-state index contributed by atoms with van der Waals surface area (Å²) in [5.41, 5.74) is 2.28. The van der Waals surface area contributed by atoms with E-state index in [0.717, 1.165) is 28.1 Å². The lowest BCUT2D eigenvalue weighted by atomic mass is 10.0. The topological polar surface area (TPSA) is 96.0 Å². The van der Waals surface area contributed by atoms with Gasteiger partial charge in [0.05, 0.1) is 19.1 Å². The fourth-order valence-corrected chi connectivity index (χ4v) is 4.70. The van der Waals surface area contributed by atoms with Crippen LogP contribution in [0, 0.1) is 0 Å². The summed E-state index contributed by atoms with van der Waals surface area (Å²) in [6, 6.07) is 13.6. The van der Waals surface area contributed by atoms with Crippen molar-refractivity contribution in [3.63, 3.8) is 0 Å². The van der Waals surface area contributed by atoms with Gasteiger partial charge in [-0.3, -0.25) is 13.9 Å². The van der Waals surface area contributed by atoms with E-state index in [1.54, 1.807) is 31.4 Å². The highest BCUT2D eigenvalue weighted by molar-refractivity contribution is 7.92. The predicted octanol–water partition coefficient (Wildman–Crippen LogP) is 3.92. The molecule has 0 aliphatic carbocycles. The molecule has 0 unspecified atom stereocenters. The number of carbonyl (C=O) groups excluding carboxylic acids is 2. The van der Waals surface area contributed by atoms with Crippen LogP contribution in [0.5, 0.6) is 5.75 Å². The number of carbonyl (C=O) groups is 2. The Kier molecular flexibility index (Phi) is 10.8. The summed E-state index contributed by atoms with van der Waals surface area (Å²) in [5.74, 6) is 0.257. The maximum Gasteiger partial charge on any atom is 0.244 e. The first-order valence-electron chi connectivity index (χ1n) is 12.3. The lowest BCUT2D eigenvalue weighted by Crippen LogP contribution is -2.52. The van der Waals surface area contributed by atoms with Crippen molar-refractivity contribution in [2.75, 3.05) is 30.8 Å². The van der Waals surface area contributed by atoms with Gasteiger partial charge in [-0.05, 0) is 54.2 Å². The highest BCUT2D eigenvalue weighted by Crippen LogP contribution is 2.23. The molecule has 2 amide bonds. The molecule has 0 saturated heterocycles. The Morgan fingerprint density at radius 1 is 1.00 bits per heavy atom. The van der Waals surface area contributed by atoms with Crippen molar-refractivity contribution >= 4 is 27.5 Å². The van der Waals surface area contributed by atoms with Crippen LogP contribution < -0.4 is 14.4 Å². The third kappa shape index (κ3) is 7.98. The van der Waals surface area contributed by atoms with Gasteiger partial charge >= 0.3 is 0 Å². The first-order valence-corrected chi connectivity index (χ1v) is 14.1. The van der Waals surface area contributed by atoms with Crippen molar-refractivity contribution < 1.29 is 22.7 Å². The van der Waals surface area contributed by atoms with Gasteiger partial charge in [-0.15, -0.1) is 0 Å². The first-order chi connectivity index (χ1) is 17.0. The zero-order valence-corrected chi connectivity index (χ0v) is 23.0. The molecule has 9 heteroatoms. The van der Waals surface area contributed by atoms with Gasteiger partial charge in [-0.25, -0.2) is 8.42 Å². The maximum absolute atomic E-state index is 13.7. The fourth-order valence-electron chi connectivity index (χ4n) is 3.85. The fraction of sp³-hybridized carbons (Fsp3) is 0.481. The summed E-state index contributed by atoms with van der Waals surface area (Å²) < 4.78 is 31.7. The normalized spacial score (nSPS) is 12.2. The van der Waals surface area contributed by atoms with Gasteiger partial charge in [0.15, 0.2) is 0 Å². The number of nitrogens with one attached hydrogen (secondary N) is 1. The average molecular weight is 518 g/mol. The molecule has 0 fully saturated rings. The molecule has 8 nitrogen and oxygen atoms in total. The van der Waals surface area contributed by atoms with Crippen molar-refractivity contribution in [2.45, 2.75) is 59.0 Å².